The molecule has 0 bridgehead atoms. The number of pyridine rings is 1. The van der Waals surface area contributed by atoms with Crippen LogP contribution in [0.5, 0.6) is 0 Å². The number of sulfonamides is 1. The molecule has 1 atom stereocenters. The van der Waals surface area contributed by atoms with Crippen molar-refractivity contribution in [3.8, 4) is 0 Å². The van der Waals surface area contributed by atoms with Gasteiger partial charge in [-0.15, -0.1) is 0 Å². The third-order valence-corrected chi connectivity index (χ3v) is 7.77. The number of halogens is 1. The molecule has 0 fully saturated rings. The monoisotopic (exact) mass is 455 g/mol. The summed E-state index contributed by atoms with van der Waals surface area (Å²) in [6.45, 7) is 2.49. The molecule has 0 saturated heterocycles. The van der Waals surface area contributed by atoms with Crippen molar-refractivity contribution in [2.45, 2.75) is 30.8 Å². The first-order valence-electron chi connectivity index (χ1n) is 9.93. The molecular formula is C23H22ClN3O3S. The zero-order valence-corrected chi connectivity index (χ0v) is 18.5. The van der Waals surface area contributed by atoms with Gasteiger partial charge < -0.3 is 5.32 Å². The SMILES string of the molecule is C[C@@H](NC(=O)c1ccc(Cl)c(S(=O)(=O)N2CCc3ccccc3C2)c1)c1cccnc1. The second-order valence-electron chi connectivity index (χ2n) is 7.48. The van der Waals surface area contributed by atoms with Crippen LogP contribution < -0.4 is 5.32 Å². The quantitative estimate of drug-likeness (QED) is 0.631. The van der Waals surface area contributed by atoms with Gasteiger partial charge in [0, 0.05) is 31.0 Å². The Hall–Kier alpha value is -2.74. The Kier molecular flexibility index (Phi) is 6.09. The van der Waals surface area contributed by atoms with Crippen molar-refractivity contribution >= 4 is 27.5 Å². The van der Waals surface area contributed by atoms with Crippen molar-refractivity contribution in [1.82, 2.24) is 14.6 Å². The van der Waals surface area contributed by atoms with Crippen molar-refractivity contribution < 1.29 is 13.2 Å². The van der Waals surface area contributed by atoms with Crippen molar-refractivity contribution in [1.29, 1.82) is 0 Å². The summed E-state index contributed by atoms with van der Waals surface area (Å²) in [5, 5.41) is 2.97. The second kappa shape index (κ2) is 8.78. The molecule has 1 aromatic heterocycles. The number of carbonyl (C=O) groups excluding carboxylic acids is 1. The molecule has 1 N–H and O–H groups in total. The van der Waals surface area contributed by atoms with Gasteiger partial charge in [0.25, 0.3) is 5.91 Å². The van der Waals surface area contributed by atoms with Crippen LogP contribution in [-0.2, 0) is 23.0 Å². The van der Waals surface area contributed by atoms with Crippen molar-refractivity contribution in [3.05, 3.63) is 94.3 Å². The summed E-state index contributed by atoms with van der Waals surface area (Å²) in [6.07, 6.45) is 3.97. The Morgan fingerprint density at radius 2 is 1.90 bits per heavy atom. The van der Waals surface area contributed by atoms with E-state index in [2.05, 4.69) is 10.3 Å². The molecule has 0 spiro atoms. The third kappa shape index (κ3) is 4.49. The van der Waals surface area contributed by atoms with Crippen LogP contribution in [0, 0.1) is 0 Å². The van der Waals surface area contributed by atoms with E-state index in [1.54, 1.807) is 18.5 Å². The molecule has 1 aliphatic rings. The summed E-state index contributed by atoms with van der Waals surface area (Å²) in [4.78, 5) is 16.8. The zero-order chi connectivity index (χ0) is 22.0. The van der Waals surface area contributed by atoms with Gasteiger partial charge in [0.05, 0.1) is 11.1 Å². The van der Waals surface area contributed by atoms with E-state index in [4.69, 9.17) is 11.6 Å². The van der Waals surface area contributed by atoms with Gasteiger partial charge in [-0.2, -0.15) is 4.31 Å². The third-order valence-electron chi connectivity index (χ3n) is 5.44. The fourth-order valence-corrected chi connectivity index (χ4v) is 5.57. The number of nitrogens with one attached hydrogen (secondary N) is 1. The Bertz CT molecular complexity index is 1220. The average molecular weight is 456 g/mol. The lowest BCUT2D eigenvalue weighted by Gasteiger charge is -2.28. The molecule has 0 aliphatic carbocycles. The minimum absolute atomic E-state index is 0.0600. The lowest BCUT2D eigenvalue weighted by molar-refractivity contribution is 0.0939. The number of hydrogen-bond donors (Lipinski definition) is 1. The van der Waals surface area contributed by atoms with Gasteiger partial charge in [0.1, 0.15) is 4.90 Å². The highest BCUT2D eigenvalue weighted by Gasteiger charge is 2.30. The predicted octanol–water partition coefficient (Wildman–Crippen LogP) is 3.97. The molecule has 0 saturated carbocycles. The Morgan fingerprint density at radius 3 is 2.65 bits per heavy atom. The summed E-state index contributed by atoms with van der Waals surface area (Å²) in [5.41, 5.74) is 3.21. The van der Waals surface area contributed by atoms with Crippen molar-refractivity contribution in [2.75, 3.05) is 6.54 Å². The first-order chi connectivity index (χ1) is 14.9. The maximum absolute atomic E-state index is 13.3. The summed E-state index contributed by atoms with van der Waals surface area (Å²) >= 11 is 6.26. The number of nitrogens with zero attached hydrogens (tertiary/aromatic N) is 2. The highest BCUT2D eigenvalue weighted by Crippen LogP contribution is 2.30. The second-order valence-corrected chi connectivity index (χ2v) is 9.80. The minimum Gasteiger partial charge on any atom is -0.345 e. The van der Waals surface area contributed by atoms with Crippen LogP contribution in [-0.4, -0.2) is 30.2 Å². The molecule has 2 aromatic carbocycles. The fourth-order valence-electron chi connectivity index (χ4n) is 3.65. The van der Waals surface area contributed by atoms with E-state index in [1.807, 2.05) is 37.3 Å². The molecule has 0 radical (unpaired) electrons. The number of benzene rings is 2. The van der Waals surface area contributed by atoms with E-state index < -0.39 is 10.0 Å². The summed E-state index contributed by atoms with van der Waals surface area (Å²) < 4.78 is 28.1. The standard InChI is InChI=1S/C23H22ClN3O3S/c1-16(19-7-4-11-25-14-19)26-23(28)18-8-9-21(24)22(13-18)31(29,30)27-12-10-17-5-2-3-6-20(17)15-27/h2-9,11,13-14,16H,10,12,15H2,1H3,(H,26,28)/t16-/m1/s1. The van der Waals surface area contributed by atoms with Gasteiger partial charge in [-0.25, -0.2) is 8.42 Å². The van der Waals surface area contributed by atoms with Crippen LogP contribution >= 0.6 is 11.6 Å². The Morgan fingerprint density at radius 1 is 1.13 bits per heavy atom. The van der Waals surface area contributed by atoms with Crippen LogP contribution in [0.2, 0.25) is 5.02 Å². The highest BCUT2D eigenvalue weighted by molar-refractivity contribution is 7.89. The van der Waals surface area contributed by atoms with E-state index in [-0.39, 0.29) is 34.0 Å². The molecule has 8 heteroatoms. The number of amides is 1. The normalized spacial score (nSPS) is 15.2. The molecule has 2 heterocycles. The first-order valence-corrected chi connectivity index (χ1v) is 11.8. The Balaban J connectivity index is 1.58. The lowest BCUT2D eigenvalue weighted by atomic mass is 10.0. The molecule has 1 amide bonds. The molecule has 3 aromatic rings. The highest BCUT2D eigenvalue weighted by atomic mass is 35.5. The van der Waals surface area contributed by atoms with Gasteiger partial charge in [0.2, 0.25) is 10.0 Å². The van der Waals surface area contributed by atoms with Crippen LogP contribution in [0.4, 0.5) is 0 Å². The minimum atomic E-state index is -3.86. The number of carbonyl (C=O) groups is 1. The van der Waals surface area contributed by atoms with Crippen LogP contribution in [0.15, 0.2) is 71.9 Å². The van der Waals surface area contributed by atoms with Crippen molar-refractivity contribution in [2.24, 2.45) is 0 Å². The number of rotatable bonds is 5. The molecule has 160 valence electrons. The van der Waals surface area contributed by atoms with E-state index in [0.717, 1.165) is 16.7 Å². The largest absolute Gasteiger partial charge is 0.345 e. The van der Waals surface area contributed by atoms with Crippen LogP contribution in [0.3, 0.4) is 0 Å². The first kappa shape index (κ1) is 21.5. The van der Waals surface area contributed by atoms with Gasteiger partial charge >= 0.3 is 0 Å². The predicted molar refractivity (Wildman–Crippen MR) is 119 cm³/mol. The van der Waals surface area contributed by atoms with E-state index in [9.17, 15) is 13.2 Å². The van der Waals surface area contributed by atoms with Gasteiger partial charge in [0.15, 0.2) is 0 Å². The average Bonchev–Trinajstić information content (AvgIpc) is 2.79. The number of aromatic nitrogens is 1. The van der Waals surface area contributed by atoms with E-state index in [1.165, 1.54) is 22.5 Å². The summed E-state index contributed by atoms with van der Waals surface area (Å²) in [6, 6.07) is 15.5. The molecule has 1 aliphatic heterocycles. The van der Waals surface area contributed by atoms with Crippen LogP contribution in [0.25, 0.3) is 0 Å². The van der Waals surface area contributed by atoms with E-state index in [0.29, 0.717) is 13.0 Å². The maximum Gasteiger partial charge on any atom is 0.251 e. The molecular weight excluding hydrogens is 434 g/mol. The molecule has 6 nitrogen and oxygen atoms in total. The van der Waals surface area contributed by atoms with Gasteiger partial charge in [-0.1, -0.05) is 41.9 Å². The number of hydrogen-bond acceptors (Lipinski definition) is 4. The Labute approximate surface area is 186 Å². The maximum atomic E-state index is 13.3. The van der Waals surface area contributed by atoms with E-state index >= 15 is 0 Å². The van der Waals surface area contributed by atoms with Crippen molar-refractivity contribution in [3.63, 3.8) is 0 Å². The van der Waals surface area contributed by atoms with Crippen LogP contribution in [0.1, 0.15) is 40.0 Å². The smallest absolute Gasteiger partial charge is 0.251 e. The molecule has 0 unspecified atom stereocenters. The summed E-state index contributed by atoms with van der Waals surface area (Å²) in [7, 11) is -3.86. The summed E-state index contributed by atoms with van der Waals surface area (Å²) in [5.74, 6) is -0.381. The lowest BCUT2D eigenvalue weighted by Crippen LogP contribution is -2.36. The molecule has 4 rings (SSSR count). The topological polar surface area (TPSA) is 79.4 Å². The van der Waals surface area contributed by atoms with Gasteiger partial charge in [-0.3, -0.25) is 9.78 Å². The molecule has 31 heavy (non-hydrogen) atoms. The number of fused-ring (bicyclic) bond motifs is 1. The van der Waals surface area contributed by atoms with Gasteiger partial charge in [-0.05, 0) is 54.3 Å². The fraction of sp³-hybridized carbons (Fsp3) is 0.217. The zero-order valence-electron chi connectivity index (χ0n) is 17.0.